The lowest BCUT2D eigenvalue weighted by molar-refractivity contribution is 0.150. The summed E-state index contributed by atoms with van der Waals surface area (Å²) in [6.45, 7) is 5.64. The number of hydrogen-bond donors (Lipinski definition) is 0. The summed E-state index contributed by atoms with van der Waals surface area (Å²) >= 11 is 2.04. The van der Waals surface area contributed by atoms with Crippen molar-refractivity contribution in [1.29, 1.82) is 5.26 Å². The summed E-state index contributed by atoms with van der Waals surface area (Å²) in [6.07, 6.45) is 3.06. The van der Waals surface area contributed by atoms with Crippen LogP contribution in [0, 0.1) is 11.3 Å². The quantitative estimate of drug-likeness (QED) is 0.719. The molecule has 14 heavy (non-hydrogen) atoms. The van der Waals surface area contributed by atoms with Crippen molar-refractivity contribution >= 4 is 11.8 Å². The second-order valence-corrected chi connectivity index (χ2v) is 5.14. The fraction of sp³-hybridized carbons (Fsp3) is 0.909. The van der Waals surface area contributed by atoms with Crippen molar-refractivity contribution in [2.45, 2.75) is 45.2 Å². The van der Waals surface area contributed by atoms with Crippen molar-refractivity contribution in [2.24, 2.45) is 0 Å². The van der Waals surface area contributed by atoms with Crippen LogP contribution in [0.1, 0.15) is 33.1 Å². The maximum Gasteiger partial charge on any atom is 0.0638 e. The lowest BCUT2D eigenvalue weighted by atomic mass is 10.1. The van der Waals surface area contributed by atoms with Crippen LogP contribution in [-0.2, 0) is 0 Å². The van der Waals surface area contributed by atoms with Crippen LogP contribution in [0.4, 0.5) is 0 Å². The molecular formula is C11H20N2S. The van der Waals surface area contributed by atoms with Crippen LogP contribution in [0.3, 0.4) is 0 Å². The third kappa shape index (κ3) is 3.18. The van der Waals surface area contributed by atoms with E-state index in [9.17, 15) is 0 Å². The third-order valence-electron chi connectivity index (χ3n) is 3.01. The number of nitriles is 1. The first-order chi connectivity index (χ1) is 6.79. The number of nitrogens with zero attached hydrogens (tertiary/aromatic N) is 2. The van der Waals surface area contributed by atoms with Gasteiger partial charge in [0.2, 0.25) is 0 Å². The van der Waals surface area contributed by atoms with Gasteiger partial charge in [-0.15, -0.1) is 0 Å². The summed E-state index contributed by atoms with van der Waals surface area (Å²) in [5, 5.41) is 8.77. The largest absolute Gasteiger partial charge is 0.296 e. The Morgan fingerprint density at radius 1 is 1.57 bits per heavy atom. The molecule has 2 atom stereocenters. The van der Waals surface area contributed by atoms with Gasteiger partial charge in [-0.1, -0.05) is 6.92 Å². The molecule has 3 heteroatoms. The average molecular weight is 212 g/mol. The van der Waals surface area contributed by atoms with Crippen LogP contribution in [-0.4, -0.2) is 35.0 Å². The monoisotopic (exact) mass is 212 g/mol. The molecule has 1 fully saturated rings. The predicted molar refractivity (Wildman–Crippen MR) is 62.4 cm³/mol. The highest BCUT2D eigenvalue weighted by atomic mass is 32.2. The van der Waals surface area contributed by atoms with Gasteiger partial charge in [0, 0.05) is 24.4 Å². The molecule has 0 aromatic heterocycles. The molecule has 0 aliphatic carbocycles. The van der Waals surface area contributed by atoms with E-state index in [0.29, 0.717) is 18.5 Å². The lowest BCUT2D eigenvalue weighted by Gasteiger charge is -2.33. The summed E-state index contributed by atoms with van der Waals surface area (Å²) < 4.78 is 0. The van der Waals surface area contributed by atoms with Gasteiger partial charge in [0.25, 0.3) is 0 Å². The first-order valence-electron chi connectivity index (χ1n) is 5.50. The van der Waals surface area contributed by atoms with E-state index in [1.807, 2.05) is 11.8 Å². The third-order valence-corrected chi connectivity index (χ3v) is 4.00. The second kappa shape index (κ2) is 6.31. The van der Waals surface area contributed by atoms with Gasteiger partial charge in [0.1, 0.15) is 0 Å². The van der Waals surface area contributed by atoms with Gasteiger partial charge in [-0.3, -0.25) is 4.90 Å². The fourth-order valence-electron chi connectivity index (χ4n) is 2.06. The van der Waals surface area contributed by atoms with Crippen molar-refractivity contribution in [1.82, 2.24) is 4.90 Å². The smallest absolute Gasteiger partial charge is 0.0638 e. The molecule has 2 unspecified atom stereocenters. The van der Waals surface area contributed by atoms with Crippen LogP contribution in [0.25, 0.3) is 0 Å². The Kier molecular flexibility index (Phi) is 5.36. The summed E-state index contributed by atoms with van der Waals surface area (Å²) in [5.41, 5.74) is 0. The minimum Gasteiger partial charge on any atom is -0.296 e. The van der Waals surface area contributed by atoms with Crippen LogP contribution in [0.2, 0.25) is 0 Å². The van der Waals surface area contributed by atoms with E-state index < -0.39 is 0 Å². The highest BCUT2D eigenvalue weighted by molar-refractivity contribution is 7.99. The van der Waals surface area contributed by atoms with E-state index in [-0.39, 0.29) is 0 Å². The zero-order valence-electron chi connectivity index (χ0n) is 9.20. The van der Waals surface area contributed by atoms with Crippen molar-refractivity contribution in [3.05, 3.63) is 0 Å². The maximum absolute atomic E-state index is 8.77. The molecule has 0 radical (unpaired) electrons. The lowest BCUT2D eigenvalue weighted by Crippen LogP contribution is -2.42. The maximum atomic E-state index is 8.77. The van der Waals surface area contributed by atoms with Crippen molar-refractivity contribution in [2.75, 3.05) is 18.1 Å². The van der Waals surface area contributed by atoms with E-state index >= 15 is 0 Å². The molecule has 0 saturated carbocycles. The molecule has 0 aromatic rings. The predicted octanol–water partition coefficient (Wildman–Crippen LogP) is 2.51. The van der Waals surface area contributed by atoms with Crippen LogP contribution in [0.5, 0.6) is 0 Å². The SMILES string of the molecule is CCC(CC#N)N1CCSCCC1C. The Balaban J connectivity index is 2.56. The summed E-state index contributed by atoms with van der Waals surface area (Å²) in [6, 6.07) is 3.44. The standard InChI is InChI=1S/C11H20N2S/c1-3-11(4-6-12)13-7-9-14-8-5-10(13)2/h10-11H,3-5,7-9H2,1-2H3. The van der Waals surface area contributed by atoms with Gasteiger partial charge in [-0.2, -0.15) is 17.0 Å². The van der Waals surface area contributed by atoms with Gasteiger partial charge in [0.05, 0.1) is 12.5 Å². The Hall–Kier alpha value is -0.200. The van der Waals surface area contributed by atoms with E-state index in [0.717, 1.165) is 13.0 Å². The molecule has 0 spiro atoms. The zero-order valence-corrected chi connectivity index (χ0v) is 10.0. The van der Waals surface area contributed by atoms with E-state index in [1.54, 1.807) is 0 Å². The summed E-state index contributed by atoms with van der Waals surface area (Å²) in [5.74, 6) is 2.51. The van der Waals surface area contributed by atoms with Gasteiger partial charge in [-0.25, -0.2) is 0 Å². The molecular weight excluding hydrogens is 192 g/mol. The Bertz CT molecular complexity index is 200. The molecule has 1 aliphatic heterocycles. The highest BCUT2D eigenvalue weighted by Crippen LogP contribution is 2.20. The molecule has 1 saturated heterocycles. The minimum atomic E-state index is 0.480. The van der Waals surface area contributed by atoms with Crippen LogP contribution >= 0.6 is 11.8 Å². The molecule has 1 aliphatic rings. The summed E-state index contributed by atoms with van der Waals surface area (Å²) in [4.78, 5) is 2.53. The Morgan fingerprint density at radius 3 is 3.00 bits per heavy atom. The normalized spacial score (nSPS) is 26.5. The van der Waals surface area contributed by atoms with Gasteiger partial charge < -0.3 is 0 Å². The molecule has 0 amide bonds. The first-order valence-corrected chi connectivity index (χ1v) is 6.65. The van der Waals surface area contributed by atoms with Crippen LogP contribution < -0.4 is 0 Å². The highest BCUT2D eigenvalue weighted by Gasteiger charge is 2.23. The number of thioether (sulfide) groups is 1. The zero-order chi connectivity index (χ0) is 10.4. The van der Waals surface area contributed by atoms with Gasteiger partial charge >= 0.3 is 0 Å². The molecule has 1 rings (SSSR count). The van der Waals surface area contributed by atoms with E-state index in [1.165, 1.54) is 17.9 Å². The van der Waals surface area contributed by atoms with Crippen molar-refractivity contribution in [3.8, 4) is 6.07 Å². The molecule has 0 aromatic carbocycles. The average Bonchev–Trinajstić information content (AvgIpc) is 2.40. The van der Waals surface area contributed by atoms with Gasteiger partial charge in [0.15, 0.2) is 0 Å². The van der Waals surface area contributed by atoms with Crippen LogP contribution in [0.15, 0.2) is 0 Å². The number of rotatable bonds is 3. The minimum absolute atomic E-state index is 0.480. The van der Waals surface area contributed by atoms with E-state index in [2.05, 4.69) is 24.8 Å². The topological polar surface area (TPSA) is 27.0 Å². The molecule has 1 heterocycles. The van der Waals surface area contributed by atoms with E-state index in [4.69, 9.17) is 5.26 Å². The van der Waals surface area contributed by atoms with Crippen molar-refractivity contribution in [3.63, 3.8) is 0 Å². The fourth-order valence-corrected chi connectivity index (χ4v) is 3.11. The molecule has 0 bridgehead atoms. The summed E-state index contributed by atoms with van der Waals surface area (Å²) in [7, 11) is 0. The van der Waals surface area contributed by atoms with Gasteiger partial charge in [-0.05, 0) is 25.5 Å². The second-order valence-electron chi connectivity index (χ2n) is 3.91. The molecule has 80 valence electrons. The Labute approximate surface area is 91.7 Å². The first kappa shape index (κ1) is 11.9. The molecule has 2 nitrogen and oxygen atoms in total. The van der Waals surface area contributed by atoms with Crippen molar-refractivity contribution < 1.29 is 0 Å². The Morgan fingerprint density at radius 2 is 2.36 bits per heavy atom. The number of hydrogen-bond acceptors (Lipinski definition) is 3. The molecule has 0 N–H and O–H groups in total.